The van der Waals surface area contributed by atoms with Crippen LogP contribution in [0.4, 0.5) is 0 Å². The molecule has 0 spiro atoms. The highest BCUT2D eigenvalue weighted by Gasteiger charge is 2.22. The van der Waals surface area contributed by atoms with Crippen molar-refractivity contribution in [1.29, 1.82) is 0 Å². The van der Waals surface area contributed by atoms with Crippen molar-refractivity contribution in [2.75, 3.05) is 6.61 Å². The summed E-state index contributed by atoms with van der Waals surface area (Å²) >= 11 is 0. The van der Waals surface area contributed by atoms with Crippen LogP contribution in [0.2, 0.25) is 0 Å². The Morgan fingerprint density at radius 1 is 1.35 bits per heavy atom. The summed E-state index contributed by atoms with van der Waals surface area (Å²) < 4.78 is 22.9. The van der Waals surface area contributed by atoms with E-state index in [9.17, 15) is 13.5 Å². The second-order valence-electron chi connectivity index (χ2n) is 5.16. The van der Waals surface area contributed by atoms with Gasteiger partial charge in [-0.25, -0.2) is 13.6 Å². The van der Waals surface area contributed by atoms with Crippen LogP contribution in [0, 0.1) is 12.3 Å². The Morgan fingerprint density at radius 2 is 1.94 bits per heavy atom. The van der Waals surface area contributed by atoms with Gasteiger partial charge in [0.1, 0.15) is 0 Å². The van der Waals surface area contributed by atoms with E-state index in [1.807, 2.05) is 20.8 Å². The van der Waals surface area contributed by atoms with Crippen molar-refractivity contribution in [3.8, 4) is 0 Å². The summed E-state index contributed by atoms with van der Waals surface area (Å²) in [5.74, 6) is 0. The molecule has 96 valence electrons. The zero-order chi connectivity index (χ0) is 13.3. The van der Waals surface area contributed by atoms with Crippen LogP contribution in [0.25, 0.3) is 0 Å². The molecule has 0 aromatic heterocycles. The van der Waals surface area contributed by atoms with Gasteiger partial charge < -0.3 is 5.11 Å². The van der Waals surface area contributed by atoms with Crippen molar-refractivity contribution in [1.82, 2.24) is 0 Å². The number of benzene rings is 1. The van der Waals surface area contributed by atoms with Gasteiger partial charge in [-0.3, -0.25) is 0 Å². The highest BCUT2D eigenvalue weighted by molar-refractivity contribution is 7.89. The van der Waals surface area contributed by atoms with Crippen LogP contribution in [0.15, 0.2) is 23.1 Å². The molecule has 0 heterocycles. The molecule has 3 N–H and O–H groups in total. The number of primary sulfonamides is 1. The monoisotopic (exact) mass is 257 g/mol. The fourth-order valence-electron chi connectivity index (χ4n) is 1.70. The standard InChI is InChI=1S/C12H19NO3S/c1-9-4-5-11(17(13,15)16)10(6-9)7-12(2,3)8-14/h4-6,14H,7-8H2,1-3H3,(H2,13,15,16). The molecule has 5 heteroatoms. The highest BCUT2D eigenvalue weighted by atomic mass is 32.2. The van der Waals surface area contributed by atoms with Crippen LogP contribution in [0.5, 0.6) is 0 Å². The molecule has 1 aromatic rings. The maximum Gasteiger partial charge on any atom is 0.238 e. The molecular weight excluding hydrogens is 238 g/mol. The summed E-state index contributed by atoms with van der Waals surface area (Å²) in [5.41, 5.74) is 1.26. The van der Waals surface area contributed by atoms with Crippen molar-refractivity contribution < 1.29 is 13.5 Å². The van der Waals surface area contributed by atoms with Gasteiger partial charge in [-0.1, -0.05) is 31.5 Å². The topological polar surface area (TPSA) is 80.4 Å². The second-order valence-corrected chi connectivity index (χ2v) is 6.69. The maximum absolute atomic E-state index is 11.5. The molecule has 0 amide bonds. The van der Waals surface area contributed by atoms with E-state index in [2.05, 4.69) is 0 Å². The van der Waals surface area contributed by atoms with Gasteiger partial charge in [0.25, 0.3) is 0 Å². The number of aryl methyl sites for hydroxylation is 1. The van der Waals surface area contributed by atoms with Crippen LogP contribution in [-0.2, 0) is 16.4 Å². The van der Waals surface area contributed by atoms with Gasteiger partial charge in [0.15, 0.2) is 0 Å². The maximum atomic E-state index is 11.5. The lowest BCUT2D eigenvalue weighted by atomic mass is 9.86. The van der Waals surface area contributed by atoms with Crippen molar-refractivity contribution in [2.45, 2.75) is 32.1 Å². The summed E-state index contributed by atoms with van der Waals surface area (Å²) in [5, 5.41) is 14.4. The number of rotatable bonds is 4. The average Bonchev–Trinajstić information content (AvgIpc) is 2.15. The minimum atomic E-state index is -3.71. The Labute approximate surface area is 103 Å². The van der Waals surface area contributed by atoms with E-state index in [0.717, 1.165) is 5.56 Å². The Morgan fingerprint density at radius 3 is 2.41 bits per heavy atom. The summed E-state index contributed by atoms with van der Waals surface area (Å²) in [6.07, 6.45) is 0.469. The molecular formula is C12H19NO3S. The molecule has 1 rings (SSSR count). The third kappa shape index (κ3) is 3.80. The number of hydrogen-bond acceptors (Lipinski definition) is 3. The third-order valence-corrected chi connectivity index (χ3v) is 3.63. The van der Waals surface area contributed by atoms with Gasteiger partial charge in [-0.05, 0) is 30.4 Å². The smallest absolute Gasteiger partial charge is 0.238 e. The van der Waals surface area contributed by atoms with E-state index in [-0.39, 0.29) is 16.9 Å². The van der Waals surface area contributed by atoms with Crippen molar-refractivity contribution in [3.63, 3.8) is 0 Å². The normalized spacial score (nSPS) is 12.8. The van der Waals surface area contributed by atoms with E-state index in [1.54, 1.807) is 12.1 Å². The van der Waals surface area contributed by atoms with Crippen molar-refractivity contribution in [3.05, 3.63) is 29.3 Å². The zero-order valence-corrected chi connectivity index (χ0v) is 11.2. The predicted octanol–water partition coefficient (Wildman–Crippen LogP) is 1.20. The molecule has 0 fully saturated rings. The quantitative estimate of drug-likeness (QED) is 0.850. The lowest BCUT2D eigenvalue weighted by molar-refractivity contribution is 0.159. The van der Waals surface area contributed by atoms with Crippen molar-refractivity contribution >= 4 is 10.0 Å². The van der Waals surface area contributed by atoms with E-state index >= 15 is 0 Å². The van der Waals surface area contributed by atoms with E-state index in [4.69, 9.17) is 5.14 Å². The molecule has 0 aliphatic carbocycles. The van der Waals surface area contributed by atoms with Crippen LogP contribution in [0.3, 0.4) is 0 Å². The van der Waals surface area contributed by atoms with Crippen LogP contribution < -0.4 is 5.14 Å². The molecule has 0 aliphatic heterocycles. The molecule has 0 saturated heterocycles. The first kappa shape index (κ1) is 14.2. The van der Waals surface area contributed by atoms with Crippen molar-refractivity contribution in [2.24, 2.45) is 10.6 Å². The number of aliphatic hydroxyl groups is 1. The first-order valence-electron chi connectivity index (χ1n) is 5.39. The van der Waals surface area contributed by atoms with Crippen LogP contribution in [-0.4, -0.2) is 20.1 Å². The fourth-order valence-corrected chi connectivity index (χ4v) is 2.45. The fraction of sp³-hybridized carbons (Fsp3) is 0.500. The van der Waals surface area contributed by atoms with Gasteiger partial charge in [-0.15, -0.1) is 0 Å². The van der Waals surface area contributed by atoms with E-state index in [1.165, 1.54) is 6.07 Å². The summed E-state index contributed by atoms with van der Waals surface area (Å²) in [7, 11) is -3.71. The second kappa shape index (κ2) is 4.76. The van der Waals surface area contributed by atoms with Gasteiger partial charge >= 0.3 is 0 Å². The molecule has 0 bridgehead atoms. The molecule has 1 aromatic carbocycles. The van der Waals surface area contributed by atoms with Crippen LogP contribution >= 0.6 is 0 Å². The van der Waals surface area contributed by atoms with Gasteiger partial charge in [0.05, 0.1) is 4.90 Å². The predicted molar refractivity (Wildman–Crippen MR) is 67.1 cm³/mol. The molecule has 17 heavy (non-hydrogen) atoms. The summed E-state index contributed by atoms with van der Waals surface area (Å²) in [4.78, 5) is 0.143. The highest BCUT2D eigenvalue weighted by Crippen LogP contribution is 2.26. The molecule has 0 radical (unpaired) electrons. The molecule has 0 unspecified atom stereocenters. The number of nitrogens with two attached hydrogens (primary N) is 1. The summed E-state index contributed by atoms with van der Waals surface area (Å²) in [6.45, 7) is 5.64. The van der Waals surface area contributed by atoms with Gasteiger partial charge in [0.2, 0.25) is 10.0 Å². The van der Waals surface area contributed by atoms with Gasteiger partial charge in [0, 0.05) is 6.61 Å². The van der Waals surface area contributed by atoms with Crippen LogP contribution in [0.1, 0.15) is 25.0 Å². The lowest BCUT2D eigenvalue weighted by Crippen LogP contribution is -2.22. The number of aliphatic hydroxyl groups excluding tert-OH is 1. The third-order valence-electron chi connectivity index (χ3n) is 2.62. The molecule has 4 nitrogen and oxygen atoms in total. The number of hydrogen-bond donors (Lipinski definition) is 2. The Balaban J connectivity index is 3.27. The first-order valence-corrected chi connectivity index (χ1v) is 6.93. The molecule has 0 atom stereocenters. The van der Waals surface area contributed by atoms with E-state index in [0.29, 0.717) is 12.0 Å². The van der Waals surface area contributed by atoms with Gasteiger partial charge in [-0.2, -0.15) is 0 Å². The minimum absolute atomic E-state index is 0.00893. The first-order chi connectivity index (χ1) is 7.65. The molecule has 0 saturated carbocycles. The Bertz CT molecular complexity index is 506. The largest absolute Gasteiger partial charge is 0.396 e. The van der Waals surface area contributed by atoms with E-state index < -0.39 is 10.0 Å². The number of sulfonamides is 1. The Hall–Kier alpha value is -0.910. The Kier molecular flexibility index (Phi) is 3.96. The lowest BCUT2D eigenvalue weighted by Gasteiger charge is -2.23. The minimum Gasteiger partial charge on any atom is -0.396 e. The summed E-state index contributed by atoms with van der Waals surface area (Å²) in [6, 6.07) is 5.04. The SMILES string of the molecule is Cc1ccc(S(N)(=O)=O)c(CC(C)(C)CO)c1. The molecule has 0 aliphatic rings. The zero-order valence-electron chi connectivity index (χ0n) is 10.4. The average molecular weight is 257 g/mol.